The Balaban J connectivity index is 1.71. The van der Waals surface area contributed by atoms with Gasteiger partial charge >= 0.3 is 0 Å². The lowest BCUT2D eigenvalue weighted by Crippen LogP contribution is -2.46. The standard InChI is InChI=1S/C14H18N2O3S2/c1-10-13(18)16(14(21-10)11-3-2-8-20-11)9-12(17)15-4-6-19-7-5-15/h2-3,8,10,14H,4-7,9H2,1H3/t10-,14+/m0/s1. The zero-order valence-electron chi connectivity index (χ0n) is 11.9. The van der Waals surface area contributed by atoms with Crippen LogP contribution in [0.15, 0.2) is 17.5 Å². The summed E-state index contributed by atoms with van der Waals surface area (Å²) in [7, 11) is 0. The quantitative estimate of drug-likeness (QED) is 0.846. The van der Waals surface area contributed by atoms with Crippen molar-refractivity contribution in [3.05, 3.63) is 22.4 Å². The van der Waals surface area contributed by atoms with Crippen LogP contribution >= 0.6 is 23.1 Å². The highest BCUT2D eigenvalue weighted by atomic mass is 32.2. The largest absolute Gasteiger partial charge is 0.378 e. The average molecular weight is 326 g/mol. The van der Waals surface area contributed by atoms with Gasteiger partial charge in [0, 0.05) is 18.0 Å². The van der Waals surface area contributed by atoms with E-state index in [1.807, 2.05) is 24.4 Å². The number of morpholine rings is 1. The highest BCUT2D eigenvalue weighted by Crippen LogP contribution is 2.44. The molecule has 0 radical (unpaired) electrons. The number of hydrogen-bond donors (Lipinski definition) is 0. The van der Waals surface area contributed by atoms with E-state index in [9.17, 15) is 9.59 Å². The van der Waals surface area contributed by atoms with E-state index in [-0.39, 0.29) is 29.0 Å². The van der Waals surface area contributed by atoms with Crippen LogP contribution in [0.25, 0.3) is 0 Å². The lowest BCUT2D eigenvalue weighted by Gasteiger charge is -2.30. The molecule has 0 aliphatic carbocycles. The topological polar surface area (TPSA) is 49.9 Å². The second-order valence-corrected chi connectivity index (χ2v) is 7.51. The molecule has 0 bridgehead atoms. The number of thioether (sulfide) groups is 1. The molecule has 114 valence electrons. The molecule has 0 saturated carbocycles. The summed E-state index contributed by atoms with van der Waals surface area (Å²) >= 11 is 3.25. The predicted molar refractivity (Wildman–Crippen MR) is 83.2 cm³/mol. The summed E-state index contributed by atoms with van der Waals surface area (Å²) in [5.74, 6) is 0.0721. The van der Waals surface area contributed by atoms with Crippen molar-refractivity contribution in [1.29, 1.82) is 0 Å². The van der Waals surface area contributed by atoms with Gasteiger partial charge in [0.15, 0.2) is 0 Å². The number of thiophene rings is 1. The van der Waals surface area contributed by atoms with Crippen LogP contribution in [-0.2, 0) is 14.3 Å². The number of ether oxygens (including phenoxy) is 1. The van der Waals surface area contributed by atoms with E-state index in [0.717, 1.165) is 4.88 Å². The van der Waals surface area contributed by atoms with E-state index >= 15 is 0 Å². The monoisotopic (exact) mass is 326 g/mol. The van der Waals surface area contributed by atoms with Crippen molar-refractivity contribution < 1.29 is 14.3 Å². The lowest BCUT2D eigenvalue weighted by molar-refractivity contribution is -0.142. The highest BCUT2D eigenvalue weighted by molar-refractivity contribution is 8.01. The molecule has 2 aliphatic rings. The third kappa shape index (κ3) is 3.09. The molecule has 21 heavy (non-hydrogen) atoms. The molecule has 0 spiro atoms. The number of nitrogens with zero attached hydrogens (tertiary/aromatic N) is 2. The zero-order valence-corrected chi connectivity index (χ0v) is 13.5. The van der Waals surface area contributed by atoms with Gasteiger partial charge in [0.1, 0.15) is 11.9 Å². The zero-order chi connectivity index (χ0) is 14.8. The first-order valence-corrected chi connectivity index (χ1v) is 8.84. The van der Waals surface area contributed by atoms with Crippen LogP contribution in [-0.4, -0.2) is 59.7 Å². The molecule has 3 heterocycles. The number of carbonyl (C=O) groups is 2. The summed E-state index contributed by atoms with van der Waals surface area (Å²) in [6.07, 6.45) is 0. The van der Waals surface area contributed by atoms with Gasteiger partial charge in [-0.15, -0.1) is 23.1 Å². The first kappa shape index (κ1) is 14.9. The van der Waals surface area contributed by atoms with Crippen molar-refractivity contribution in [3.63, 3.8) is 0 Å². The van der Waals surface area contributed by atoms with Gasteiger partial charge < -0.3 is 14.5 Å². The fourth-order valence-electron chi connectivity index (χ4n) is 2.55. The first-order valence-electron chi connectivity index (χ1n) is 7.01. The van der Waals surface area contributed by atoms with E-state index in [0.29, 0.717) is 26.3 Å². The van der Waals surface area contributed by atoms with Crippen LogP contribution in [0.1, 0.15) is 17.2 Å². The summed E-state index contributed by atoms with van der Waals surface area (Å²) in [6.45, 7) is 4.48. The fourth-order valence-corrected chi connectivity index (χ4v) is 4.77. The van der Waals surface area contributed by atoms with Crippen molar-refractivity contribution in [2.75, 3.05) is 32.8 Å². The van der Waals surface area contributed by atoms with Crippen molar-refractivity contribution in [2.24, 2.45) is 0 Å². The Morgan fingerprint density at radius 2 is 2.19 bits per heavy atom. The normalized spacial score (nSPS) is 26.4. The van der Waals surface area contributed by atoms with E-state index in [1.54, 1.807) is 32.9 Å². The fraction of sp³-hybridized carbons (Fsp3) is 0.571. The van der Waals surface area contributed by atoms with Crippen LogP contribution in [0.3, 0.4) is 0 Å². The van der Waals surface area contributed by atoms with Gasteiger partial charge in [-0.05, 0) is 18.4 Å². The Labute approximate surface area is 132 Å². The Bertz CT molecular complexity index is 514. The third-order valence-electron chi connectivity index (χ3n) is 3.70. The Morgan fingerprint density at radius 3 is 2.86 bits per heavy atom. The van der Waals surface area contributed by atoms with Crippen molar-refractivity contribution >= 4 is 34.9 Å². The Morgan fingerprint density at radius 1 is 1.43 bits per heavy atom. The molecular formula is C14H18N2O3S2. The Kier molecular flexibility index (Phi) is 4.51. The van der Waals surface area contributed by atoms with E-state index in [4.69, 9.17) is 4.74 Å². The highest BCUT2D eigenvalue weighted by Gasteiger charge is 2.40. The van der Waals surface area contributed by atoms with Gasteiger partial charge in [-0.3, -0.25) is 9.59 Å². The summed E-state index contributed by atoms with van der Waals surface area (Å²) in [5.41, 5.74) is 0. The summed E-state index contributed by atoms with van der Waals surface area (Å²) in [4.78, 5) is 29.4. The molecule has 3 rings (SSSR count). The van der Waals surface area contributed by atoms with Gasteiger partial charge in [-0.1, -0.05) is 6.07 Å². The number of carbonyl (C=O) groups excluding carboxylic acids is 2. The maximum Gasteiger partial charge on any atom is 0.242 e. The average Bonchev–Trinajstić information content (AvgIpc) is 3.12. The SMILES string of the molecule is C[C@@H]1S[C@H](c2cccs2)N(CC(=O)N2CCOCC2)C1=O. The van der Waals surface area contributed by atoms with Crippen molar-refractivity contribution in [3.8, 4) is 0 Å². The molecule has 2 amide bonds. The molecule has 7 heteroatoms. The van der Waals surface area contributed by atoms with Crippen LogP contribution in [0, 0.1) is 0 Å². The number of rotatable bonds is 3. The van der Waals surface area contributed by atoms with Crippen LogP contribution in [0.4, 0.5) is 0 Å². The van der Waals surface area contributed by atoms with E-state index in [1.165, 1.54) is 0 Å². The van der Waals surface area contributed by atoms with Crippen molar-refractivity contribution in [2.45, 2.75) is 17.5 Å². The van der Waals surface area contributed by atoms with Gasteiger partial charge in [-0.25, -0.2) is 0 Å². The smallest absolute Gasteiger partial charge is 0.242 e. The maximum atomic E-state index is 12.4. The molecule has 2 atom stereocenters. The van der Waals surface area contributed by atoms with Gasteiger partial charge in [0.05, 0.1) is 18.5 Å². The third-order valence-corrected chi connectivity index (χ3v) is 6.15. The summed E-state index contributed by atoms with van der Waals surface area (Å²) in [5, 5.41) is 1.89. The van der Waals surface area contributed by atoms with Gasteiger partial charge in [-0.2, -0.15) is 0 Å². The predicted octanol–water partition coefficient (Wildman–Crippen LogP) is 1.57. The van der Waals surface area contributed by atoms with Crippen LogP contribution in [0.5, 0.6) is 0 Å². The second-order valence-electron chi connectivity index (χ2n) is 5.11. The maximum absolute atomic E-state index is 12.4. The first-order chi connectivity index (χ1) is 10.2. The van der Waals surface area contributed by atoms with Crippen LogP contribution < -0.4 is 0 Å². The molecule has 2 saturated heterocycles. The minimum absolute atomic E-state index is 0.0166. The molecule has 0 N–H and O–H groups in total. The summed E-state index contributed by atoms with van der Waals surface area (Å²) < 4.78 is 5.26. The molecule has 5 nitrogen and oxygen atoms in total. The van der Waals surface area contributed by atoms with E-state index in [2.05, 4.69) is 0 Å². The molecule has 1 aromatic heterocycles. The molecular weight excluding hydrogens is 308 g/mol. The lowest BCUT2D eigenvalue weighted by atomic mass is 10.3. The minimum atomic E-state index is -0.0883. The second kappa shape index (κ2) is 6.37. The minimum Gasteiger partial charge on any atom is -0.378 e. The molecule has 2 aliphatic heterocycles. The molecule has 2 fully saturated rings. The van der Waals surface area contributed by atoms with Crippen LogP contribution in [0.2, 0.25) is 0 Å². The van der Waals surface area contributed by atoms with Crippen molar-refractivity contribution in [1.82, 2.24) is 9.80 Å². The molecule has 0 aromatic carbocycles. The van der Waals surface area contributed by atoms with Gasteiger partial charge in [0.2, 0.25) is 11.8 Å². The molecule has 0 unspecified atom stereocenters. The summed E-state index contributed by atoms with van der Waals surface area (Å²) in [6, 6.07) is 4.01. The van der Waals surface area contributed by atoms with Gasteiger partial charge in [0.25, 0.3) is 0 Å². The Hall–Kier alpha value is -1.05. The van der Waals surface area contributed by atoms with E-state index < -0.39 is 0 Å². The molecule has 1 aromatic rings. The number of amides is 2. The number of hydrogen-bond acceptors (Lipinski definition) is 5.